The van der Waals surface area contributed by atoms with Gasteiger partial charge in [-0.25, -0.2) is 9.67 Å². The summed E-state index contributed by atoms with van der Waals surface area (Å²) in [4.78, 5) is 29.2. The maximum Gasteiger partial charge on any atom is 0.278 e. The van der Waals surface area contributed by atoms with Gasteiger partial charge in [0.15, 0.2) is 0 Å². The van der Waals surface area contributed by atoms with Gasteiger partial charge in [0.25, 0.3) is 11.5 Å². The second-order valence-electron chi connectivity index (χ2n) is 7.14. The number of rotatable bonds is 7. The van der Waals surface area contributed by atoms with E-state index in [4.69, 9.17) is 11.6 Å². The van der Waals surface area contributed by atoms with Crippen molar-refractivity contribution in [3.63, 3.8) is 0 Å². The molecule has 2 aromatic heterocycles. The Hall–Kier alpha value is -3.45. The van der Waals surface area contributed by atoms with Gasteiger partial charge >= 0.3 is 0 Å². The molecule has 0 aliphatic heterocycles. The summed E-state index contributed by atoms with van der Waals surface area (Å²) in [7, 11) is 0. The fraction of sp³-hybridized carbons (Fsp3) is 0.217. The summed E-state index contributed by atoms with van der Waals surface area (Å²) in [6.45, 7) is 2.85. The van der Waals surface area contributed by atoms with Gasteiger partial charge in [-0.15, -0.1) is 0 Å². The Kier molecular flexibility index (Phi) is 6.13. The second-order valence-corrected chi connectivity index (χ2v) is 7.57. The predicted octanol–water partition coefficient (Wildman–Crippen LogP) is 4.15. The van der Waals surface area contributed by atoms with Gasteiger partial charge in [-0.1, -0.05) is 41.9 Å². The molecule has 0 saturated carbocycles. The number of aryl methyl sites for hydroxylation is 3. The van der Waals surface area contributed by atoms with Crippen LogP contribution in [0.2, 0.25) is 5.02 Å². The van der Waals surface area contributed by atoms with Crippen molar-refractivity contribution in [3.8, 4) is 0 Å². The first-order chi connectivity index (χ1) is 15.0. The Morgan fingerprint density at radius 2 is 1.90 bits per heavy atom. The molecule has 1 amide bonds. The Balaban J connectivity index is 1.60. The zero-order chi connectivity index (χ0) is 21.8. The van der Waals surface area contributed by atoms with E-state index in [1.807, 2.05) is 34.9 Å². The van der Waals surface area contributed by atoms with Crippen LogP contribution in [0.25, 0.3) is 11.0 Å². The highest BCUT2D eigenvalue weighted by Gasteiger charge is 2.16. The third-order valence-corrected chi connectivity index (χ3v) is 5.26. The molecule has 0 radical (unpaired) electrons. The zero-order valence-corrected chi connectivity index (χ0v) is 17.8. The van der Waals surface area contributed by atoms with Crippen molar-refractivity contribution in [1.29, 1.82) is 0 Å². The molecule has 0 bridgehead atoms. The molecular formula is C23H22ClN5O2. The fourth-order valence-electron chi connectivity index (χ4n) is 3.47. The summed E-state index contributed by atoms with van der Waals surface area (Å²) in [6, 6.07) is 18.5. The van der Waals surface area contributed by atoms with Crippen LogP contribution in [0.5, 0.6) is 0 Å². The van der Waals surface area contributed by atoms with E-state index < -0.39 is 5.91 Å². The number of hydrogen-bond acceptors (Lipinski definition) is 4. The minimum atomic E-state index is -0.423. The van der Waals surface area contributed by atoms with Crippen LogP contribution in [0.3, 0.4) is 0 Å². The van der Waals surface area contributed by atoms with E-state index in [1.165, 1.54) is 22.4 Å². The standard InChI is InChI=1S/C23H22ClN5O2/c1-2-29-21(30)13-11-18(27-29)22(31)26-23-25-19-15-17(24)10-12-20(19)28(23)14-6-9-16-7-4-3-5-8-16/h3-5,7-8,10-13,15H,2,6,9,14H2,1H3,(H,25,26,31). The third-order valence-electron chi connectivity index (χ3n) is 5.02. The highest BCUT2D eigenvalue weighted by atomic mass is 35.5. The molecule has 0 unspecified atom stereocenters. The highest BCUT2D eigenvalue weighted by molar-refractivity contribution is 6.31. The number of aromatic nitrogens is 4. The van der Waals surface area contributed by atoms with Gasteiger partial charge in [-0.2, -0.15) is 5.10 Å². The summed E-state index contributed by atoms with van der Waals surface area (Å²) in [6.07, 6.45) is 1.78. The van der Waals surface area contributed by atoms with Crippen LogP contribution in [0, 0.1) is 0 Å². The number of carbonyl (C=O) groups excluding carboxylic acids is 1. The molecule has 0 atom stereocenters. The third kappa shape index (κ3) is 4.67. The average Bonchev–Trinajstić information content (AvgIpc) is 3.10. The summed E-state index contributed by atoms with van der Waals surface area (Å²) >= 11 is 6.14. The smallest absolute Gasteiger partial charge is 0.278 e. The SMILES string of the molecule is CCn1nc(C(=O)Nc2nc3cc(Cl)ccc3n2CCCc2ccccc2)ccc1=O. The molecule has 2 aromatic carbocycles. The van der Waals surface area contributed by atoms with Gasteiger partial charge in [0.05, 0.1) is 11.0 Å². The van der Waals surface area contributed by atoms with Crippen molar-refractivity contribution in [2.45, 2.75) is 32.9 Å². The zero-order valence-electron chi connectivity index (χ0n) is 17.1. The van der Waals surface area contributed by atoms with E-state index in [9.17, 15) is 9.59 Å². The van der Waals surface area contributed by atoms with Crippen LogP contribution in [-0.4, -0.2) is 25.2 Å². The number of hydrogen-bond donors (Lipinski definition) is 1. The molecule has 31 heavy (non-hydrogen) atoms. The van der Waals surface area contributed by atoms with Gasteiger partial charge in [0.2, 0.25) is 5.95 Å². The number of imidazole rings is 1. The minimum Gasteiger partial charge on any atom is -0.310 e. The Morgan fingerprint density at radius 1 is 1.10 bits per heavy atom. The van der Waals surface area contributed by atoms with E-state index >= 15 is 0 Å². The molecule has 0 spiro atoms. The summed E-state index contributed by atoms with van der Waals surface area (Å²) in [5.74, 6) is -0.000658. The van der Waals surface area contributed by atoms with E-state index in [0.29, 0.717) is 29.6 Å². The summed E-state index contributed by atoms with van der Waals surface area (Å²) < 4.78 is 3.22. The van der Waals surface area contributed by atoms with Crippen molar-refractivity contribution in [2.24, 2.45) is 0 Å². The van der Waals surface area contributed by atoms with Crippen molar-refractivity contribution in [3.05, 3.63) is 87.3 Å². The topological polar surface area (TPSA) is 81.8 Å². The van der Waals surface area contributed by atoms with Crippen LogP contribution in [-0.2, 0) is 19.5 Å². The number of amides is 1. The summed E-state index contributed by atoms with van der Waals surface area (Å²) in [5, 5.41) is 7.55. The van der Waals surface area contributed by atoms with E-state index in [-0.39, 0.29) is 11.3 Å². The number of nitrogens with one attached hydrogen (secondary N) is 1. The normalized spacial score (nSPS) is 11.0. The van der Waals surface area contributed by atoms with Crippen molar-refractivity contribution in [2.75, 3.05) is 5.32 Å². The van der Waals surface area contributed by atoms with Gasteiger partial charge in [-0.3, -0.25) is 14.9 Å². The molecule has 2 heterocycles. The van der Waals surface area contributed by atoms with Gasteiger partial charge in [-0.05, 0) is 49.6 Å². The first-order valence-corrected chi connectivity index (χ1v) is 10.5. The van der Waals surface area contributed by atoms with E-state index in [2.05, 4.69) is 27.5 Å². The number of carbonyl (C=O) groups is 1. The molecule has 1 N–H and O–H groups in total. The van der Waals surface area contributed by atoms with Gasteiger partial charge < -0.3 is 4.57 Å². The van der Waals surface area contributed by atoms with Gasteiger partial charge in [0, 0.05) is 24.2 Å². The molecule has 4 aromatic rings. The predicted molar refractivity (Wildman–Crippen MR) is 122 cm³/mol. The quantitative estimate of drug-likeness (QED) is 0.472. The van der Waals surface area contributed by atoms with E-state index in [0.717, 1.165) is 18.4 Å². The van der Waals surface area contributed by atoms with Crippen LogP contribution < -0.4 is 10.9 Å². The Bertz CT molecular complexity index is 1280. The number of anilines is 1. The Labute approximate surface area is 184 Å². The van der Waals surface area contributed by atoms with Crippen LogP contribution in [0.1, 0.15) is 29.4 Å². The summed E-state index contributed by atoms with van der Waals surface area (Å²) in [5.41, 5.74) is 2.75. The molecule has 8 heteroatoms. The first-order valence-electron chi connectivity index (χ1n) is 10.1. The lowest BCUT2D eigenvalue weighted by Crippen LogP contribution is -2.26. The van der Waals surface area contributed by atoms with Crippen LogP contribution >= 0.6 is 11.6 Å². The lowest BCUT2D eigenvalue weighted by atomic mass is 10.1. The molecule has 0 fully saturated rings. The molecule has 7 nitrogen and oxygen atoms in total. The Morgan fingerprint density at radius 3 is 2.68 bits per heavy atom. The molecule has 158 valence electrons. The lowest BCUT2D eigenvalue weighted by molar-refractivity contribution is 0.101. The van der Waals surface area contributed by atoms with Gasteiger partial charge in [0.1, 0.15) is 5.69 Å². The molecule has 0 aliphatic carbocycles. The second kappa shape index (κ2) is 9.14. The molecule has 0 aliphatic rings. The number of benzene rings is 2. The average molecular weight is 436 g/mol. The highest BCUT2D eigenvalue weighted by Crippen LogP contribution is 2.24. The first kappa shape index (κ1) is 20.8. The van der Waals surface area contributed by atoms with Crippen molar-refractivity contribution < 1.29 is 4.79 Å². The van der Waals surface area contributed by atoms with Crippen molar-refractivity contribution in [1.82, 2.24) is 19.3 Å². The fourth-order valence-corrected chi connectivity index (χ4v) is 3.64. The molecular weight excluding hydrogens is 414 g/mol. The molecule has 0 saturated heterocycles. The maximum absolute atomic E-state index is 12.8. The monoisotopic (exact) mass is 435 g/mol. The minimum absolute atomic E-state index is 0.155. The number of fused-ring (bicyclic) bond motifs is 1. The number of nitrogens with zero attached hydrogens (tertiary/aromatic N) is 4. The lowest BCUT2D eigenvalue weighted by Gasteiger charge is -2.11. The van der Waals surface area contributed by atoms with Crippen molar-refractivity contribution >= 4 is 34.5 Å². The van der Waals surface area contributed by atoms with Crippen LogP contribution in [0.15, 0.2) is 65.5 Å². The molecule has 4 rings (SSSR count). The largest absolute Gasteiger partial charge is 0.310 e. The van der Waals surface area contributed by atoms with E-state index in [1.54, 1.807) is 13.0 Å². The maximum atomic E-state index is 12.8. The number of halogens is 1. The van der Waals surface area contributed by atoms with Crippen LogP contribution in [0.4, 0.5) is 5.95 Å².